The molecular formula is C6H3Cl2NO2. The van der Waals surface area contributed by atoms with Crippen molar-refractivity contribution < 1.29 is 9.53 Å². The fraction of sp³-hybridized carbons (Fsp3) is 0. The summed E-state index contributed by atoms with van der Waals surface area (Å²) < 4.78 is 4.41. The molecule has 0 atom stereocenters. The van der Waals surface area contributed by atoms with Crippen molar-refractivity contribution in [2.75, 3.05) is 0 Å². The lowest BCUT2D eigenvalue weighted by atomic mass is 10.5. The van der Waals surface area contributed by atoms with Gasteiger partial charge in [0.05, 0.1) is 5.02 Å². The Morgan fingerprint density at radius 3 is 2.91 bits per heavy atom. The maximum Gasteiger partial charge on any atom is 0.299 e. The number of hydrogen-bond acceptors (Lipinski definition) is 3. The quantitative estimate of drug-likeness (QED) is 0.672. The number of pyridine rings is 1. The molecule has 1 rings (SSSR count). The van der Waals surface area contributed by atoms with E-state index in [1.807, 2.05) is 0 Å². The fourth-order valence-electron chi connectivity index (χ4n) is 0.530. The van der Waals surface area contributed by atoms with Gasteiger partial charge in [-0.2, -0.15) is 0 Å². The smallest absolute Gasteiger partial charge is 0.299 e. The van der Waals surface area contributed by atoms with Gasteiger partial charge < -0.3 is 4.74 Å². The number of carbonyl (C=O) groups is 1. The third-order valence-corrected chi connectivity index (χ3v) is 1.75. The van der Waals surface area contributed by atoms with E-state index in [1.54, 1.807) is 0 Å². The maximum absolute atomic E-state index is 9.87. The molecule has 1 aromatic rings. The molecule has 0 saturated carbocycles. The Bertz CT molecular complexity index is 277. The molecule has 0 fully saturated rings. The van der Waals surface area contributed by atoms with Crippen molar-refractivity contribution in [2.24, 2.45) is 0 Å². The predicted molar refractivity (Wildman–Crippen MR) is 40.9 cm³/mol. The third kappa shape index (κ3) is 1.82. The van der Waals surface area contributed by atoms with E-state index >= 15 is 0 Å². The summed E-state index contributed by atoms with van der Waals surface area (Å²) in [6.07, 6.45) is 1.40. The molecule has 3 nitrogen and oxygen atoms in total. The summed E-state index contributed by atoms with van der Waals surface area (Å²) in [5, 5.41) is 0.444. The van der Waals surface area contributed by atoms with Crippen LogP contribution in [-0.2, 0) is 4.79 Å². The summed E-state index contributed by atoms with van der Waals surface area (Å²) in [5.41, 5.74) is 0. The second kappa shape index (κ2) is 3.55. The Kier molecular flexibility index (Phi) is 2.68. The first-order chi connectivity index (χ1) is 5.25. The Morgan fingerprint density at radius 2 is 2.27 bits per heavy atom. The molecule has 0 aliphatic rings. The lowest BCUT2D eigenvalue weighted by Crippen LogP contribution is -1.92. The molecule has 0 amide bonds. The van der Waals surface area contributed by atoms with Crippen LogP contribution in [-0.4, -0.2) is 11.5 Å². The number of halogens is 2. The fourth-order valence-corrected chi connectivity index (χ4v) is 0.824. The molecule has 0 aliphatic heterocycles. The van der Waals surface area contributed by atoms with E-state index in [0.717, 1.165) is 0 Å². The molecule has 0 unspecified atom stereocenters. The SMILES string of the molecule is O=COc1nccc(Cl)c1Cl. The van der Waals surface area contributed by atoms with Crippen LogP contribution in [0.4, 0.5) is 0 Å². The summed E-state index contributed by atoms with van der Waals surface area (Å²) in [7, 11) is 0. The van der Waals surface area contributed by atoms with E-state index in [2.05, 4.69) is 9.72 Å². The van der Waals surface area contributed by atoms with Crippen molar-refractivity contribution in [3.63, 3.8) is 0 Å². The van der Waals surface area contributed by atoms with Crippen LogP contribution in [0.25, 0.3) is 0 Å². The van der Waals surface area contributed by atoms with Gasteiger partial charge in [-0.1, -0.05) is 23.2 Å². The molecule has 58 valence electrons. The Labute approximate surface area is 72.9 Å². The van der Waals surface area contributed by atoms with Crippen molar-refractivity contribution in [1.29, 1.82) is 0 Å². The van der Waals surface area contributed by atoms with Crippen LogP contribution in [0.15, 0.2) is 12.3 Å². The number of rotatable bonds is 2. The second-order valence-corrected chi connectivity index (χ2v) is 2.41. The van der Waals surface area contributed by atoms with Crippen LogP contribution in [0.5, 0.6) is 5.88 Å². The molecular weight excluding hydrogens is 189 g/mol. The highest BCUT2D eigenvalue weighted by Gasteiger charge is 2.05. The van der Waals surface area contributed by atoms with Gasteiger partial charge in [0, 0.05) is 6.20 Å². The number of carbonyl (C=O) groups excluding carboxylic acids is 1. The zero-order chi connectivity index (χ0) is 8.27. The molecule has 0 aromatic carbocycles. The third-order valence-electron chi connectivity index (χ3n) is 0.970. The molecule has 0 radical (unpaired) electrons. The summed E-state index contributed by atoms with van der Waals surface area (Å²) in [4.78, 5) is 13.5. The Hall–Kier alpha value is -0.800. The minimum atomic E-state index is 0.0224. The van der Waals surface area contributed by atoms with Gasteiger partial charge in [0.15, 0.2) is 0 Å². The molecule has 0 bridgehead atoms. The van der Waals surface area contributed by atoms with E-state index in [1.165, 1.54) is 12.3 Å². The minimum Gasteiger partial charge on any atom is -0.408 e. The number of hydrogen-bond donors (Lipinski definition) is 0. The number of nitrogens with zero attached hydrogens (tertiary/aromatic N) is 1. The largest absolute Gasteiger partial charge is 0.408 e. The van der Waals surface area contributed by atoms with E-state index in [4.69, 9.17) is 23.2 Å². The highest BCUT2D eigenvalue weighted by atomic mass is 35.5. The van der Waals surface area contributed by atoms with Gasteiger partial charge in [-0.05, 0) is 6.07 Å². The van der Waals surface area contributed by atoms with Gasteiger partial charge in [-0.25, -0.2) is 4.98 Å². The van der Waals surface area contributed by atoms with Crippen LogP contribution < -0.4 is 4.74 Å². The summed E-state index contributed by atoms with van der Waals surface area (Å²) in [6.45, 7) is 0.241. The molecule has 0 N–H and O–H groups in total. The van der Waals surface area contributed by atoms with E-state index in [-0.39, 0.29) is 17.4 Å². The molecule has 5 heteroatoms. The molecule has 0 saturated heterocycles. The van der Waals surface area contributed by atoms with Crippen molar-refractivity contribution in [3.8, 4) is 5.88 Å². The first-order valence-electron chi connectivity index (χ1n) is 2.66. The summed E-state index contributed by atoms with van der Waals surface area (Å²) >= 11 is 11.2. The number of aromatic nitrogens is 1. The first-order valence-corrected chi connectivity index (χ1v) is 3.41. The standard InChI is InChI=1S/C6H3Cl2NO2/c7-4-1-2-9-6(5(4)8)11-3-10/h1-3H. The minimum absolute atomic E-state index is 0.0224. The predicted octanol–water partition coefficient (Wildman–Crippen LogP) is 1.92. The van der Waals surface area contributed by atoms with Crippen molar-refractivity contribution in [2.45, 2.75) is 0 Å². The van der Waals surface area contributed by atoms with Gasteiger partial charge in [0.25, 0.3) is 6.47 Å². The monoisotopic (exact) mass is 191 g/mol. The molecule has 1 aromatic heterocycles. The molecule has 11 heavy (non-hydrogen) atoms. The van der Waals surface area contributed by atoms with Crippen molar-refractivity contribution >= 4 is 29.7 Å². The average molecular weight is 192 g/mol. The molecule has 0 spiro atoms. The van der Waals surface area contributed by atoms with Crippen LogP contribution in [0.2, 0.25) is 10.0 Å². The average Bonchev–Trinajstić information content (AvgIpc) is 1.99. The zero-order valence-electron chi connectivity index (χ0n) is 5.25. The highest BCUT2D eigenvalue weighted by molar-refractivity contribution is 6.42. The van der Waals surface area contributed by atoms with Crippen molar-refractivity contribution in [3.05, 3.63) is 22.3 Å². The van der Waals surface area contributed by atoms with Crippen LogP contribution in [0.3, 0.4) is 0 Å². The van der Waals surface area contributed by atoms with E-state index in [0.29, 0.717) is 5.02 Å². The maximum atomic E-state index is 9.87. The lowest BCUT2D eigenvalue weighted by molar-refractivity contribution is -0.120. The van der Waals surface area contributed by atoms with E-state index in [9.17, 15) is 4.79 Å². The van der Waals surface area contributed by atoms with Gasteiger partial charge >= 0.3 is 0 Å². The van der Waals surface area contributed by atoms with Gasteiger partial charge in [0.1, 0.15) is 5.02 Å². The second-order valence-electron chi connectivity index (χ2n) is 1.63. The lowest BCUT2D eigenvalue weighted by Gasteiger charge is -1.99. The Morgan fingerprint density at radius 1 is 1.55 bits per heavy atom. The topological polar surface area (TPSA) is 39.2 Å². The normalized spacial score (nSPS) is 9.27. The molecule has 0 aliphatic carbocycles. The zero-order valence-corrected chi connectivity index (χ0v) is 6.76. The van der Waals surface area contributed by atoms with Crippen LogP contribution in [0.1, 0.15) is 0 Å². The number of ether oxygens (including phenoxy) is 1. The van der Waals surface area contributed by atoms with Gasteiger partial charge in [-0.15, -0.1) is 0 Å². The van der Waals surface area contributed by atoms with E-state index < -0.39 is 0 Å². The van der Waals surface area contributed by atoms with Crippen molar-refractivity contribution in [1.82, 2.24) is 4.98 Å². The summed E-state index contributed by atoms with van der Waals surface area (Å²) in [5.74, 6) is 0.0224. The first kappa shape index (κ1) is 8.30. The summed E-state index contributed by atoms with van der Waals surface area (Å²) in [6, 6.07) is 1.50. The van der Waals surface area contributed by atoms with Gasteiger partial charge in [0.2, 0.25) is 5.88 Å². The Balaban J connectivity index is 3.05. The highest BCUT2D eigenvalue weighted by Crippen LogP contribution is 2.28. The molecule has 1 heterocycles. The van der Waals surface area contributed by atoms with Gasteiger partial charge in [-0.3, -0.25) is 4.79 Å². The van der Waals surface area contributed by atoms with Crippen LogP contribution in [0, 0.1) is 0 Å². The van der Waals surface area contributed by atoms with Crippen LogP contribution >= 0.6 is 23.2 Å².